The number of hydrogen-bond donors (Lipinski definition) is 1. The topological polar surface area (TPSA) is 55.9 Å². The number of para-hydroxylation sites is 2. The maximum Gasteiger partial charge on any atom is 0.238 e. The van der Waals surface area contributed by atoms with Crippen LogP contribution < -0.4 is 10.2 Å². The first-order chi connectivity index (χ1) is 13.6. The number of fused-ring (bicyclic) bond motifs is 2. The van der Waals surface area contributed by atoms with E-state index in [1.807, 2.05) is 53.4 Å². The van der Waals surface area contributed by atoms with Crippen molar-refractivity contribution in [2.45, 2.75) is 12.0 Å². The van der Waals surface area contributed by atoms with Crippen LogP contribution in [0, 0.1) is 0 Å². The number of Topliss-reactive ketones (excluding diaryl/α,β-unsaturated/α-hetero) is 1. The normalized spacial score (nSPS) is 25.0. The SMILES string of the molecule is CN1CCN(CN2C(=O)C(C3Nc4ccccc4C3=O)c3ccccc32)CC1. The van der Waals surface area contributed by atoms with E-state index >= 15 is 0 Å². The molecule has 0 aromatic heterocycles. The summed E-state index contributed by atoms with van der Waals surface area (Å²) in [5.41, 5.74) is 3.37. The molecule has 2 atom stereocenters. The van der Waals surface area contributed by atoms with Gasteiger partial charge in [0.15, 0.2) is 5.78 Å². The zero-order chi connectivity index (χ0) is 19.3. The molecule has 0 aliphatic carbocycles. The highest BCUT2D eigenvalue weighted by molar-refractivity contribution is 6.16. The van der Waals surface area contributed by atoms with Crippen molar-refractivity contribution in [2.75, 3.05) is 50.1 Å². The van der Waals surface area contributed by atoms with Gasteiger partial charge in [0.05, 0.1) is 12.6 Å². The number of hydrogen-bond acceptors (Lipinski definition) is 5. The van der Waals surface area contributed by atoms with Crippen molar-refractivity contribution < 1.29 is 9.59 Å². The largest absolute Gasteiger partial charge is 0.373 e. The summed E-state index contributed by atoms with van der Waals surface area (Å²) in [6, 6.07) is 14.9. The average Bonchev–Trinajstić information content (AvgIpc) is 3.18. The number of ketones is 1. The highest BCUT2D eigenvalue weighted by atomic mass is 16.2. The predicted molar refractivity (Wildman–Crippen MR) is 109 cm³/mol. The Morgan fingerprint density at radius 3 is 2.46 bits per heavy atom. The van der Waals surface area contributed by atoms with Gasteiger partial charge in [-0.1, -0.05) is 30.3 Å². The zero-order valence-corrected chi connectivity index (χ0v) is 16.0. The Morgan fingerprint density at radius 2 is 1.68 bits per heavy atom. The van der Waals surface area contributed by atoms with Crippen molar-refractivity contribution in [1.29, 1.82) is 0 Å². The second-order valence-electron chi connectivity index (χ2n) is 7.90. The maximum atomic E-state index is 13.5. The Hall–Kier alpha value is -2.70. The summed E-state index contributed by atoms with van der Waals surface area (Å²) in [4.78, 5) is 33.0. The number of amides is 1. The Labute approximate surface area is 164 Å². The van der Waals surface area contributed by atoms with Crippen molar-refractivity contribution in [3.63, 3.8) is 0 Å². The molecule has 1 saturated heterocycles. The number of carbonyl (C=O) groups is 2. The summed E-state index contributed by atoms with van der Waals surface area (Å²) in [7, 11) is 2.12. The molecule has 5 rings (SSSR count). The Morgan fingerprint density at radius 1 is 0.964 bits per heavy atom. The van der Waals surface area contributed by atoms with Gasteiger partial charge >= 0.3 is 0 Å². The molecular formula is C22H24N4O2. The van der Waals surface area contributed by atoms with Gasteiger partial charge in [0.25, 0.3) is 0 Å². The molecule has 3 heterocycles. The van der Waals surface area contributed by atoms with Crippen molar-refractivity contribution >= 4 is 23.1 Å². The molecule has 28 heavy (non-hydrogen) atoms. The van der Waals surface area contributed by atoms with Crippen molar-refractivity contribution in [1.82, 2.24) is 9.80 Å². The zero-order valence-electron chi connectivity index (χ0n) is 16.0. The smallest absolute Gasteiger partial charge is 0.238 e. The van der Waals surface area contributed by atoms with Crippen LogP contribution in [0.15, 0.2) is 48.5 Å². The standard InChI is InChI=1S/C22H24N4O2/c1-24-10-12-25(13-11-24)14-26-18-9-5-3-7-16(18)19(22(26)28)20-21(27)15-6-2-4-8-17(15)23-20/h2-9,19-20,23H,10-14H2,1H3. The number of benzene rings is 2. The third kappa shape index (κ3) is 2.72. The molecule has 2 aromatic carbocycles. The van der Waals surface area contributed by atoms with E-state index in [0.29, 0.717) is 12.2 Å². The quantitative estimate of drug-likeness (QED) is 0.888. The molecular weight excluding hydrogens is 352 g/mol. The third-order valence-electron chi connectivity index (χ3n) is 6.15. The van der Waals surface area contributed by atoms with Gasteiger partial charge in [-0.2, -0.15) is 0 Å². The highest BCUT2D eigenvalue weighted by Gasteiger charge is 2.47. The first-order valence-corrected chi connectivity index (χ1v) is 9.84. The third-order valence-corrected chi connectivity index (χ3v) is 6.15. The van der Waals surface area contributed by atoms with E-state index in [1.54, 1.807) is 0 Å². The van der Waals surface area contributed by atoms with Crippen LogP contribution in [0.25, 0.3) is 0 Å². The molecule has 3 aliphatic heterocycles. The summed E-state index contributed by atoms with van der Waals surface area (Å²) in [6.45, 7) is 4.47. The van der Waals surface area contributed by atoms with Crippen molar-refractivity contribution in [3.05, 3.63) is 59.7 Å². The lowest BCUT2D eigenvalue weighted by Gasteiger charge is -2.35. The summed E-state index contributed by atoms with van der Waals surface area (Å²) >= 11 is 0. The average molecular weight is 376 g/mol. The molecule has 1 amide bonds. The van der Waals surface area contributed by atoms with Crippen LogP contribution in [0.3, 0.4) is 0 Å². The van der Waals surface area contributed by atoms with E-state index in [1.165, 1.54) is 0 Å². The first kappa shape index (κ1) is 17.4. The first-order valence-electron chi connectivity index (χ1n) is 9.84. The number of piperazine rings is 1. The number of nitrogens with one attached hydrogen (secondary N) is 1. The van der Waals surface area contributed by atoms with Crippen LogP contribution in [0.2, 0.25) is 0 Å². The predicted octanol–water partition coefficient (Wildman–Crippen LogP) is 2.00. The minimum atomic E-state index is -0.538. The molecule has 144 valence electrons. The number of likely N-dealkylation sites (N-methyl/N-ethyl adjacent to an activating group) is 1. The lowest BCUT2D eigenvalue weighted by molar-refractivity contribution is -0.120. The lowest BCUT2D eigenvalue weighted by Crippen LogP contribution is -2.50. The fourth-order valence-electron chi connectivity index (χ4n) is 4.53. The van der Waals surface area contributed by atoms with E-state index in [2.05, 4.69) is 22.2 Å². The van der Waals surface area contributed by atoms with Crippen LogP contribution in [-0.4, -0.2) is 67.4 Å². The van der Waals surface area contributed by atoms with Crippen molar-refractivity contribution in [2.24, 2.45) is 0 Å². The second kappa shape index (κ2) is 6.72. The monoisotopic (exact) mass is 376 g/mol. The molecule has 1 fully saturated rings. The molecule has 0 bridgehead atoms. The number of nitrogens with zero attached hydrogens (tertiary/aromatic N) is 3. The van der Waals surface area contributed by atoms with E-state index in [4.69, 9.17) is 0 Å². The number of carbonyl (C=O) groups excluding carboxylic acids is 2. The molecule has 1 N–H and O–H groups in total. The van der Waals surface area contributed by atoms with Gasteiger partial charge in [-0.05, 0) is 30.8 Å². The van der Waals surface area contributed by atoms with Gasteiger partial charge in [0, 0.05) is 43.1 Å². The van der Waals surface area contributed by atoms with E-state index < -0.39 is 12.0 Å². The number of rotatable bonds is 3. The van der Waals surface area contributed by atoms with Crippen molar-refractivity contribution in [3.8, 4) is 0 Å². The Balaban J connectivity index is 1.44. The van der Waals surface area contributed by atoms with Gasteiger partial charge in [0.2, 0.25) is 5.91 Å². The molecule has 0 spiro atoms. The fourth-order valence-corrected chi connectivity index (χ4v) is 4.53. The van der Waals surface area contributed by atoms with E-state index in [0.717, 1.165) is 43.1 Å². The highest BCUT2D eigenvalue weighted by Crippen LogP contribution is 2.43. The summed E-state index contributed by atoms with van der Waals surface area (Å²) < 4.78 is 0. The molecule has 3 aliphatic rings. The van der Waals surface area contributed by atoms with Crippen LogP contribution in [-0.2, 0) is 4.79 Å². The number of anilines is 2. The van der Waals surface area contributed by atoms with Gasteiger partial charge < -0.3 is 10.2 Å². The van der Waals surface area contributed by atoms with Gasteiger partial charge in [0.1, 0.15) is 6.04 Å². The lowest BCUT2D eigenvalue weighted by atomic mass is 9.90. The molecule has 6 nitrogen and oxygen atoms in total. The summed E-state index contributed by atoms with van der Waals surface area (Å²) in [6.07, 6.45) is 0. The minimum Gasteiger partial charge on any atom is -0.373 e. The molecule has 0 saturated carbocycles. The maximum absolute atomic E-state index is 13.5. The van der Waals surface area contributed by atoms with E-state index in [9.17, 15) is 9.59 Å². The van der Waals surface area contributed by atoms with E-state index in [-0.39, 0.29) is 11.7 Å². The summed E-state index contributed by atoms with van der Waals surface area (Å²) in [5, 5.41) is 3.31. The van der Waals surface area contributed by atoms with Gasteiger partial charge in [-0.25, -0.2) is 0 Å². The van der Waals surface area contributed by atoms with Crippen LogP contribution >= 0.6 is 0 Å². The molecule has 0 radical (unpaired) electrons. The Bertz CT molecular complexity index is 936. The van der Waals surface area contributed by atoms with Crippen LogP contribution in [0.4, 0.5) is 11.4 Å². The molecule has 2 aromatic rings. The van der Waals surface area contributed by atoms with Crippen LogP contribution in [0.1, 0.15) is 21.8 Å². The van der Waals surface area contributed by atoms with Crippen LogP contribution in [0.5, 0.6) is 0 Å². The second-order valence-corrected chi connectivity index (χ2v) is 7.90. The summed E-state index contributed by atoms with van der Waals surface area (Å²) in [5.74, 6) is -0.465. The Kier molecular flexibility index (Phi) is 4.18. The fraction of sp³-hybridized carbons (Fsp3) is 0.364. The van der Waals surface area contributed by atoms with Gasteiger partial charge in [-0.3, -0.25) is 19.4 Å². The minimum absolute atomic E-state index is 0.00482. The van der Waals surface area contributed by atoms with Gasteiger partial charge in [-0.15, -0.1) is 0 Å². The molecule has 2 unspecified atom stereocenters. The molecule has 6 heteroatoms.